The van der Waals surface area contributed by atoms with E-state index in [1.807, 2.05) is 25.7 Å². The van der Waals surface area contributed by atoms with Crippen molar-refractivity contribution < 1.29 is 9.53 Å². The Kier molecular flexibility index (Phi) is 6.68. The lowest BCUT2D eigenvalue weighted by Gasteiger charge is -2.32. The molecule has 2 heterocycles. The minimum Gasteiger partial charge on any atom is -0.444 e. The van der Waals surface area contributed by atoms with Crippen LogP contribution in [0, 0.1) is 0 Å². The molecule has 1 amide bonds. The summed E-state index contributed by atoms with van der Waals surface area (Å²) in [7, 11) is 2.19. The van der Waals surface area contributed by atoms with E-state index in [9.17, 15) is 4.79 Å². The van der Waals surface area contributed by atoms with Gasteiger partial charge in [0.1, 0.15) is 5.60 Å². The maximum atomic E-state index is 12.0. The maximum Gasteiger partial charge on any atom is 0.410 e. The molecule has 0 bridgehead atoms. The summed E-state index contributed by atoms with van der Waals surface area (Å²) in [6.45, 7) is 14.2. The van der Waals surface area contributed by atoms with Crippen molar-refractivity contribution in [2.75, 3.05) is 59.4 Å². The van der Waals surface area contributed by atoms with E-state index >= 15 is 0 Å². The van der Waals surface area contributed by atoms with Crippen LogP contribution in [-0.2, 0) is 4.74 Å². The minimum atomic E-state index is -0.412. The first-order chi connectivity index (χ1) is 10.8. The van der Waals surface area contributed by atoms with Crippen molar-refractivity contribution in [3.63, 3.8) is 0 Å². The Balaban J connectivity index is 1.56. The van der Waals surface area contributed by atoms with Crippen LogP contribution in [0.25, 0.3) is 0 Å². The lowest BCUT2D eigenvalue weighted by atomic mass is 10.2. The highest BCUT2D eigenvalue weighted by Crippen LogP contribution is 2.15. The molecule has 2 aliphatic rings. The Morgan fingerprint density at radius 2 is 1.87 bits per heavy atom. The molecule has 1 atom stereocenters. The van der Waals surface area contributed by atoms with Crippen LogP contribution in [-0.4, -0.2) is 91.8 Å². The molecule has 134 valence electrons. The number of nitrogens with zero attached hydrogens (tertiary/aromatic N) is 3. The molecule has 2 aliphatic heterocycles. The number of carbonyl (C=O) groups excluding carboxylic acids is 1. The first kappa shape index (κ1) is 18.5. The molecule has 0 aliphatic carbocycles. The number of hydrogen-bond donors (Lipinski definition) is 1. The molecule has 0 spiro atoms. The highest BCUT2D eigenvalue weighted by atomic mass is 16.6. The summed E-state index contributed by atoms with van der Waals surface area (Å²) in [4.78, 5) is 18.8. The summed E-state index contributed by atoms with van der Waals surface area (Å²) in [5, 5.41) is 3.59. The number of rotatable bonds is 5. The zero-order chi connectivity index (χ0) is 16.9. The van der Waals surface area contributed by atoms with Gasteiger partial charge in [0.05, 0.1) is 0 Å². The van der Waals surface area contributed by atoms with Gasteiger partial charge in [-0.2, -0.15) is 0 Å². The second-order valence-corrected chi connectivity index (χ2v) is 7.86. The van der Waals surface area contributed by atoms with Crippen LogP contribution in [0.5, 0.6) is 0 Å². The highest BCUT2D eigenvalue weighted by molar-refractivity contribution is 5.68. The van der Waals surface area contributed by atoms with Crippen molar-refractivity contribution >= 4 is 6.09 Å². The van der Waals surface area contributed by atoms with Crippen LogP contribution < -0.4 is 5.32 Å². The average molecular weight is 326 g/mol. The lowest BCUT2D eigenvalue weighted by molar-refractivity contribution is 0.0291. The molecule has 1 N–H and O–H groups in total. The van der Waals surface area contributed by atoms with Gasteiger partial charge in [-0.25, -0.2) is 4.79 Å². The Hall–Kier alpha value is -0.850. The Morgan fingerprint density at radius 1 is 1.17 bits per heavy atom. The largest absolute Gasteiger partial charge is 0.444 e. The molecular formula is C17H34N4O2. The van der Waals surface area contributed by atoms with Gasteiger partial charge in [0.2, 0.25) is 0 Å². The van der Waals surface area contributed by atoms with E-state index < -0.39 is 5.60 Å². The highest BCUT2D eigenvalue weighted by Gasteiger charge is 2.29. The fraction of sp³-hybridized carbons (Fsp3) is 0.941. The van der Waals surface area contributed by atoms with Gasteiger partial charge in [-0.15, -0.1) is 0 Å². The number of carbonyl (C=O) groups is 1. The van der Waals surface area contributed by atoms with E-state index in [2.05, 4.69) is 22.2 Å². The third-order valence-electron chi connectivity index (χ3n) is 4.52. The van der Waals surface area contributed by atoms with E-state index in [-0.39, 0.29) is 6.09 Å². The summed E-state index contributed by atoms with van der Waals surface area (Å²) in [6, 6.07) is 0.412. The van der Waals surface area contributed by atoms with Crippen molar-refractivity contribution in [1.82, 2.24) is 20.0 Å². The van der Waals surface area contributed by atoms with Gasteiger partial charge in [-0.1, -0.05) is 0 Å². The van der Waals surface area contributed by atoms with E-state index in [1.165, 1.54) is 39.1 Å². The quantitative estimate of drug-likeness (QED) is 0.770. The summed E-state index contributed by atoms with van der Waals surface area (Å²) in [6.07, 6.45) is 2.01. The Bertz CT molecular complexity index is 375. The molecule has 0 aromatic rings. The van der Waals surface area contributed by atoms with Gasteiger partial charge in [0.15, 0.2) is 0 Å². The molecule has 0 radical (unpaired) electrons. The number of likely N-dealkylation sites (tertiary alicyclic amines) is 1. The molecule has 23 heavy (non-hydrogen) atoms. The summed E-state index contributed by atoms with van der Waals surface area (Å²) in [5.74, 6) is 0. The van der Waals surface area contributed by atoms with Crippen LogP contribution in [0.3, 0.4) is 0 Å². The van der Waals surface area contributed by atoms with Gasteiger partial charge in [0.25, 0.3) is 0 Å². The molecule has 0 unspecified atom stereocenters. The van der Waals surface area contributed by atoms with E-state index in [4.69, 9.17) is 4.74 Å². The number of hydrogen-bond acceptors (Lipinski definition) is 5. The smallest absolute Gasteiger partial charge is 0.410 e. The topological polar surface area (TPSA) is 48.0 Å². The molecule has 2 fully saturated rings. The van der Waals surface area contributed by atoms with Gasteiger partial charge >= 0.3 is 6.09 Å². The lowest BCUT2D eigenvalue weighted by Crippen LogP contribution is -2.45. The fourth-order valence-corrected chi connectivity index (χ4v) is 3.10. The fourth-order valence-electron chi connectivity index (χ4n) is 3.10. The predicted octanol–water partition coefficient (Wildman–Crippen LogP) is 1.22. The second kappa shape index (κ2) is 8.31. The molecule has 2 saturated heterocycles. The van der Waals surface area contributed by atoms with Crippen LogP contribution in [0.2, 0.25) is 0 Å². The van der Waals surface area contributed by atoms with Crippen molar-refractivity contribution in [2.24, 2.45) is 0 Å². The SMILES string of the molecule is CN1CCN(CCCN[C@@H]2CCN(C(=O)OC(C)(C)C)C2)CC1. The monoisotopic (exact) mass is 326 g/mol. The molecule has 6 heteroatoms. The number of amides is 1. The van der Waals surface area contributed by atoms with Crippen LogP contribution in [0.15, 0.2) is 0 Å². The number of piperazine rings is 1. The maximum absolute atomic E-state index is 12.0. The minimum absolute atomic E-state index is 0.181. The Morgan fingerprint density at radius 3 is 2.52 bits per heavy atom. The van der Waals surface area contributed by atoms with Crippen molar-refractivity contribution in [3.05, 3.63) is 0 Å². The van der Waals surface area contributed by atoms with Crippen molar-refractivity contribution in [1.29, 1.82) is 0 Å². The first-order valence-electron chi connectivity index (χ1n) is 8.96. The van der Waals surface area contributed by atoms with Gasteiger partial charge in [-0.3, -0.25) is 0 Å². The van der Waals surface area contributed by atoms with Crippen LogP contribution in [0.1, 0.15) is 33.6 Å². The molecular weight excluding hydrogens is 292 g/mol. The molecule has 0 aromatic heterocycles. The zero-order valence-corrected chi connectivity index (χ0v) is 15.3. The van der Waals surface area contributed by atoms with Crippen LogP contribution in [0.4, 0.5) is 4.79 Å². The van der Waals surface area contributed by atoms with Gasteiger partial charge in [-0.05, 0) is 53.8 Å². The van der Waals surface area contributed by atoms with Crippen molar-refractivity contribution in [3.8, 4) is 0 Å². The number of likely N-dealkylation sites (N-methyl/N-ethyl adjacent to an activating group) is 1. The predicted molar refractivity (Wildman–Crippen MR) is 92.8 cm³/mol. The third kappa shape index (κ3) is 6.65. The number of nitrogens with one attached hydrogen (secondary N) is 1. The summed E-state index contributed by atoms with van der Waals surface area (Å²) in [5.41, 5.74) is -0.412. The van der Waals surface area contributed by atoms with Gasteiger partial charge in [0, 0.05) is 45.3 Å². The second-order valence-electron chi connectivity index (χ2n) is 7.86. The third-order valence-corrected chi connectivity index (χ3v) is 4.52. The number of ether oxygens (including phenoxy) is 1. The summed E-state index contributed by atoms with van der Waals surface area (Å²) >= 11 is 0. The van der Waals surface area contributed by atoms with E-state index in [1.54, 1.807) is 0 Å². The molecule has 2 rings (SSSR count). The molecule has 0 aromatic carbocycles. The molecule has 0 saturated carbocycles. The molecule has 6 nitrogen and oxygen atoms in total. The average Bonchev–Trinajstić information content (AvgIpc) is 2.93. The van der Waals surface area contributed by atoms with Crippen molar-refractivity contribution in [2.45, 2.75) is 45.3 Å². The van der Waals surface area contributed by atoms with Gasteiger partial charge < -0.3 is 24.8 Å². The Labute approximate surface area is 141 Å². The van der Waals surface area contributed by atoms with E-state index in [0.717, 1.165) is 26.1 Å². The summed E-state index contributed by atoms with van der Waals surface area (Å²) < 4.78 is 5.43. The van der Waals surface area contributed by atoms with E-state index in [0.29, 0.717) is 6.04 Å². The standard InChI is InChI=1S/C17H34N4O2/c1-17(2,3)23-16(22)21-9-6-15(14-21)18-7-5-8-20-12-10-19(4)11-13-20/h15,18H,5-14H2,1-4H3/t15-/m1/s1. The van der Waals surface area contributed by atoms with Crippen LogP contribution >= 0.6 is 0 Å². The zero-order valence-electron chi connectivity index (χ0n) is 15.3. The normalized spacial score (nSPS) is 24.2. The first-order valence-corrected chi connectivity index (χ1v) is 8.96.